The van der Waals surface area contributed by atoms with Gasteiger partial charge in [0.25, 0.3) is 0 Å². The first kappa shape index (κ1) is 25.1. The molecule has 50 heavy (non-hydrogen) atoms. The van der Waals surface area contributed by atoms with E-state index >= 15 is 0 Å². The minimum Gasteiger partial charge on any atom is -0.456 e. The lowest BCUT2D eigenvalue weighted by atomic mass is 9.95. The summed E-state index contributed by atoms with van der Waals surface area (Å²) in [6.45, 7) is 0. The first-order valence-electron chi connectivity index (χ1n) is 16.7. The van der Waals surface area contributed by atoms with Crippen molar-refractivity contribution in [2.45, 2.75) is 0 Å². The summed E-state index contributed by atoms with van der Waals surface area (Å²) < 4.78 is 21.8. The van der Waals surface area contributed by atoms with Gasteiger partial charge in [0.2, 0.25) is 5.71 Å². The monoisotopic (exact) mass is 639 g/mol. The second-order valence-corrected chi connectivity index (χ2v) is 13.2. The van der Waals surface area contributed by atoms with E-state index in [-0.39, 0.29) is 0 Å². The highest BCUT2D eigenvalue weighted by Crippen LogP contribution is 2.51. The molecule has 0 N–H and O–H groups in total. The molecule has 5 heterocycles. The number of hydrogen-bond acceptors (Lipinski definition) is 5. The predicted molar refractivity (Wildman–Crippen MR) is 200 cm³/mol. The van der Waals surface area contributed by atoms with Gasteiger partial charge in [0.05, 0.1) is 11.0 Å². The molecular weight excluding hydrogens is 619 g/mol. The van der Waals surface area contributed by atoms with Gasteiger partial charge in [-0.05, 0) is 70.4 Å². The zero-order valence-corrected chi connectivity index (χ0v) is 26.2. The SMILES string of the molecule is c1cc2c3c(c1)ccc1c3c3c4c(ccc3n1-c1nc3oc5ccccc5c3nc1-c1cccc3c1oc1ccccc13)oc1cccc-2c14. The molecule has 0 bridgehead atoms. The Bertz CT molecular complexity index is 3500. The summed E-state index contributed by atoms with van der Waals surface area (Å²) in [5.74, 6) is 0.675. The number of rotatable bonds is 2. The molecule has 12 aromatic rings. The van der Waals surface area contributed by atoms with Crippen LogP contribution in [0.25, 0.3) is 127 Å². The fourth-order valence-electron chi connectivity index (χ4n) is 8.74. The Hall–Kier alpha value is -6.92. The third-order valence-corrected chi connectivity index (χ3v) is 10.8. The second kappa shape index (κ2) is 8.56. The zero-order chi connectivity index (χ0) is 32.2. The Morgan fingerprint density at radius 1 is 0.420 bits per heavy atom. The van der Waals surface area contributed by atoms with Gasteiger partial charge >= 0.3 is 0 Å². The van der Waals surface area contributed by atoms with Crippen molar-refractivity contribution in [1.82, 2.24) is 14.5 Å². The summed E-state index contributed by atoms with van der Waals surface area (Å²) in [5.41, 5.74) is 11.4. The number of hydrogen-bond donors (Lipinski definition) is 0. The van der Waals surface area contributed by atoms with Crippen molar-refractivity contribution in [2.75, 3.05) is 0 Å². The Morgan fingerprint density at radius 3 is 1.98 bits per heavy atom. The molecule has 1 aliphatic carbocycles. The zero-order valence-electron chi connectivity index (χ0n) is 26.2. The van der Waals surface area contributed by atoms with Crippen LogP contribution in [0.5, 0.6) is 0 Å². The summed E-state index contributed by atoms with van der Waals surface area (Å²) in [7, 11) is 0. The average Bonchev–Trinajstić information content (AvgIpc) is 3.90. The molecule has 0 radical (unpaired) electrons. The molecule has 13 rings (SSSR count). The molecule has 6 heteroatoms. The lowest BCUT2D eigenvalue weighted by molar-refractivity contribution is 0.651. The van der Waals surface area contributed by atoms with Crippen LogP contribution >= 0.6 is 0 Å². The summed E-state index contributed by atoms with van der Waals surface area (Å²) in [5, 5.41) is 10.0. The normalized spacial score (nSPS) is 12.8. The molecule has 0 unspecified atom stereocenters. The minimum atomic E-state index is 0.488. The van der Waals surface area contributed by atoms with Crippen LogP contribution in [0.1, 0.15) is 0 Å². The van der Waals surface area contributed by atoms with Gasteiger partial charge in [0.15, 0.2) is 5.82 Å². The van der Waals surface area contributed by atoms with E-state index < -0.39 is 0 Å². The largest absolute Gasteiger partial charge is 0.456 e. The van der Waals surface area contributed by atoms with Crippen LogP contribution < -0.4 is 0 Å². The first-order chi connectivity index (χ1) is 24.8. The van der Waals surface area contributed by atoms with Crippen molar-refractivity contribution in [3.8, 4) is 28.2 Å². The van der Waals surface area contributed by atoms with Crippen molar-refractivity contribution in [3.63, 3.8) is 0 Å². The van der Waals surface area contributed by atoms with Gasteiger partial charge in [-0.15, -0.1) is 0 Å². The minimum absolute atomic E-state index is 0.488. The highest BCUT2D eigenvalue weighted by atomic mass is 16.3. The maximum atomic E-state index is 6.61. The number of aromatic nitrogens is 3. The van der Waals surface area contributed by atoms with Gasteiger partial charge < -0.3 is 13.3 Å². The van der Waals surface area contributed by atoms with Crippen molar-refractivity contribution in [1.29, 1.82) is 0 Å². The molecule has 7 aromatic carbocycles. The highest BCUT2D eigenvalue weighted by molar-refractivity contribution is 6.38. The van der Waals surface area contributed by atoms with Crippen LogP contribution in [0.15, 0.2) is 141 Å². The van der Waals surface area contributed by atoms with Crippen LogP contribution in [-0.4, -0.2) is 14.5 Å². The van der Waals surface area contributed by atoms with E-state index in [0.29, 0.717) is 11.5 Å². The summed E-state index contributed by atoms with van der Waals surface area (Å²) in [4.78, 5) is 10.8. The number of nitrogens with zero attached hydrogens (tertiary/aromatic N) is 3. The average molecular weight is 640 g/mol. The predicted octanol–water partition coefficient (Wildman–Crippen LogP) is 12.1. The lowest BCUT2D eigenvalue weighted by Gasteiger charge is -2.14. The van der Waals surface area contributed by atoms with Crippen molar-refractivity contribution < 1.29 is 13.3 Å². The Kier molecular flexibility index (Phi) is 4.30. The van der Waals surface area contributed by atoms with Gasteiger partial charge in [-0.2, -0.15) is 4.98 Å². The summed E-state index contributed by atoms with van der Waals surface area (Å²) >= 11 is 0. The third kappa shape index (κ3) is 2.89. The molecule has 0 saturated carbocycles. The molecule has 5 aromatic heterocycles. The topological polar surface area (TPSA) is 70.1 Å². The molecule has 0 aliphatic heterocycles. The van der Waals surface area contributed by atoms with E-state index in [1.807, 2.05) is 42.5 Å². The van der Waals surface area contributed by atoms with Crippen molar-refractivity contribution >= 4 is 98.7 Å². The van der Waals surface area contributed by atoms with Gasteiger partial charge in [-0.3, -0.25) is 4.57 Å². The number of para-hydroxylation sites is 3. The van der Waals surface area contributed by atoms with Gasteiger partial charge in [-0.25, -0.2) is 4.98 Å². The van der Waals surface area contributed by atoms with Crippen molar-refractivity contribution in [3.05, 3.63) is 127 Å². The maximum Gasteiger partial charge on any atom is 0.248 e. The fraction of sp³-hybridized carbons (Fsp3) is 0. The Morgan fingerprint density at radius 2 is 1.08 bits per heavy atom. The molecule has 0 fully saturated rings. The summed E-state index contributed by atoms with van der Waals surface area (Å²) in [6.07, 6.45) is 0. The van der Waals surface area contributed by atoms with Crippen molar-refractivity contribution in [2.24, 2.45) is 0 Å². The molecule has 0 amide bonds. The van der Waals surface area contributed by atoms with Crippen LogP contribution in [0, 0.1) is 0 Å². The van der Waals surface area contributed by atoms with Crippen LogP contribution in [0.3, 0.4) is 0 Å². The number of benzene rings is 7. The van der Waals surface area contributed by atoms with Gasteiger partial charge in [-0.1, -0.05) is 78.9 Å². The second-order valence-electron chi connectivity index (χ2n) is 13.2. The highest BCUT2D eigenvalue weighted by Gasteiger charge is 2.29. The molecular formula is C44H21N3O3. The smallest absolute Gasteiger partial charge is 0.248 e. The van der Waals surface area contributed by atoms with Crippen LogP contribution in [-0.2, 0) is 0 Å². The van der Waals surface area contributed by atoms with Crippen LogP contribution in [0.2, 0.25) is 0 Å². The molecule has 1 aliphatic rings. The molecule has 0 saturated heterocycles. The van der Waals surface area contributed by atoms with E-state index in [4.69, 9.17) is 23.2 Å². The lowest BCUT2D eigenvalue weighted by Crippen LogP contribution is -2.03. The maximum absolute atomic E-state index is 6.61. The van der Waals surface area contributed by atoms with Gasteiger partial charge in [0.1, 0.15) is 39.1 Å². The fourth-order valence-corrected chi connectivity index (χ4v) is 8.74. The van der Waals surface area contributed by atoms with E-state index in [2.05, 4.69) is 89.5 Å². The molecule has 230 valence electrons. The summed E-state index contributed by atoms with van der Waals surface area (Å²) in [6, 6.07) is 44.1. The van der Waals surface area contributed by atoms with E-state index in [9.17, 15) is 0 Å². The molecule has 0 atom stereocenters. The quantitative estimate of drug-likeness (QED) is 0.188. The van der Waals surface area contributed by atoms with Crippen LogP contribution in [0.4, 0.5) is 0 Å². The third-order valence-electron chi connectivity index (χ3n) is 10.8. The number of furan rings is 3. The van der Waals surface area contributed by atoms with Gasteiger partial charge in [0, 0.05) is 43.3 Å². The Labute approximate surface area is 281 Å². The molecule has 6 nitrogen and oxygen atoms in total. The van der Waals surface area contributed by atoms with E-state index in [1.165, 1.54) is 27.3 Å². The van der Waals surface area contributed by atoms with E-state index in [0.717, 1.165) is 88.0 Å². The Balaban J connectivity index is 1.27. The molecule has 0 spiro atoms. The first-order valence-corrected chi connectivity index (χ1v) is 16.7. The van der Waals surface area contributed by atoms with E-state index in [1.54, 1.807) is 0 Å². The number of fused-ring (bicyclic) bond motifs is 7. The standard InChI is InChI=1S/C44H21N3O3/c1-3-15-31-23(9-1)26-13-6-14-28(42(26)49-31)40-43(46-44-41(45-40)27-10-2-4-16-32(27)50-44)47-29-19-18-22-8-5-11-24-25-12-7-17-33-36(25)39-34(48-33)21-20-30(47)38(39)37(29)35(22)24/h1-21H.